The van der Waals surface area contributed by atoms with Gasteiger partial charge >= 0.3 is 0 Å². The van der Waals surface area contributed by atoms with E-state index in [0.717, 1.165) is 16.5 Å². The Kier molecular flexibility index (Phi) is 5.46. The molecule has 1 N–H and O–H groups in total. The van der Waals surface area contributed by atoms with Crippen LogP contribution >= 0.6 is 11.3 Å². The Hall–Kier alpha value is -2.66. The number of carboxylic acid groups (broad SMARTS) is 1. The molecule has 4 nitrogen and oxygen atoms in total. The van der Waals surface area contributed by atoms with E-state index in [1.807, 2.05) is 53.9 Å². The van der Waals surface area contributed by atoms with Crippen LogP contribution in [0.4, 0.5) is 0 Å². The van der Waals surface area contributed by atoms with Gasteiger partial charge in [-0.05, 0) is 40.3 Å². The Labute approximate surface area is 150 Å². The molecule has 3 rings (SSSR count). The summed E-state index contributed by atoms with van der Waals surface area (Å²) in [7, 11) is 0. The molecule has 1 atom stereocenters. The first-order valence-electron chi connectivity index (χ1n) is 8.10. The predicted octanol–water partition coefficient (Wildman–Crippen LogP) is 2.83. The molecule has 0 spiro atoms. The van der Waals surface area contributed by atoms with E-state index in [2.05, 4.69) is 11.4 Å². The van der Waals surface area contributed by atoms with Crippen molar-refractivity contribution in [2.24, 2.45) is 0 Å². The van der Waals surface area contributed by atoms with Crippen LogP contribution in [0, 0.1) is 0 Å². The van der Waals surface area contributed by atoms with Crippen LogP contribution < -0.4 is 10.4 Å². The number of fused-ring (bicyclic) bond motifs is 1. The zero-order valence-electron chi connectivity index (χ0n) is 13.6. The van der Waals surface area contributed by atoms with Gasteiger partial charge < -0.3 is 15.2 Å². The molecule has 0 aliphatic carbocycles. The number of benzene rings is 2. The maximum absolute atomic E-state index is 12.3. The maximum Gasteiger partial charge on any atom is 0.220 e. The lowest BCUT2D eigenvalue weighted by atomic mass is 9.92. The molecule has 0 aliphatic heterocycles. The molecule has 0 radical (unpaired) electrons. The van der Waals surface area contributed by atoms with Crippen LogP contribution in [0.2, 0.25) is 0 Å². The lowest BCUT2D eigenvalue weighted by Crippen LogP contribution is -2.28. The molecule has 1 amide bonds. The zero-order chi connectivity index (χ0) is 17.6. The number of rotatable bonds is 7. The minimum Gasteiger partial charge on any atom is -0.550 e. The van der Waals surface area contributed by atoms with Gasteiger partial charge in [0.2, 0.25) is 5.91 Å². The fourth-order valence-corrected chi connectivity index (χ4v) is 3.86. The lowest BCUT2D eigenvalue weighted by molar-refractivity contribution is -0.306. The quantitative estimate of drug-likeness (QED) is 0.711. The molecule has 2 aromatic carbocycles. The van der Waals surface area contributed by atoms with Crippen molar-refractivity contribution in [2.75, 3.05) is 0 Å². The average Bonchev–Trinajstić information content (AvgIpc) is 3.03. The lowest BCUT2D eigenvalue weighted by Gasteiger charge is -2.17. The fraction of sp³-hybridized carbons (Fsp3) is 0.200. The fourth-order valence-electron chi connectivity index (χ4n) is 2.89. The van der Waals surface area contributed by atoms with E-state index in [1.54, 1.807) is 11.3 Å². The number of thiophene rings is 1. The minimum absolute atomic E-state index is 0.125. The summed E-state index contributed by atoms with van der Waals surface area (Å²) in [4.78, 5) is 23.3. The van der Waals surface area contributed by atoms with E-state index in [0.29, 0.717) is 6.54 Å². The second-order valence-corrected chi connectivity index (χ2v) is 6.83. The summed E-state index contributed by atoms with van der Waals surface area (Å²) in [6.07, 6.45) is -0.0428. The topological polar surface area (TPSA) is 69.2 Å². The third-order valence-corrected chi connectivity index (χ3v) is 5.17. The SMILES string of the molecule is O=C([O-])C[C@@H](CC(=O)NCc1csc2ccccc12)c1ccccc1. The number of amides is 1. The van der Waals surface area contributed by atoms with Crippen LogP contribution in [-0.2, 0) is 16.1 Å². The predicted molar refractivity (Wildman–Crippen MR) is 97.1 cm³/mol. The molecule has 5 heteroatoms. The molecule has 1 aromatic heterocycles. The van der Waals surface area contributed by atoms with Gasteiger partial charge in [-0.15, -0.1) is 11.3 Å². The summed E-state index contributed by atoms with van der Waals surface area (Å²) in [6.45, 7) is 0.440. The second kappa shape index (κ2) is 7.94. The number of aliphatic carboxylic acids is 1. The van der Waals surface area contributed by atoms with Crippen molar-refractivity contribution in [1.29, 1.82) is 0 Å². The highest BCUT2D eigenvalue weighted by molar-refractivity contribution is 7.17. The van der Waals surface area contributed by atoms with E-state index in [4.69, 9.17) is 0 Å². The third kappa shape index (κ3) is 4.45. The van der Waals surface area contributed by atoms with Crippen molar-refractivity contribution < 1.29 is 14.7 Å². The molecule has 0 bridgehead atoms. The van der Waals surface area contributed by atoms with E-state index in [-0.39, 0.29) is 24.7 Å². The van der Waals surface area contributed by atoms with Gasteiger partial charge in [-0.2, -0.15) is 0 Å². The van der Waals surface area contributed by atoms with E-state index >= 15 is 0 Å². The summed E-state index contributed by atoms with van der Waals surface area (Å²) in [5.41, 5.74) is 1.91. The van der Waals surface area contributed by atoms with Gasteiger partial charge in [0, 0.05) is 23.6 Å². The van der Waals surface area contributed by atoms with Gasteiger partial charge in [0.05, 0.1) is 0 Å². The summed E-state index contributed by atoms with van der Waals surface area (Å²) in [6, 6.07) is 17.3. The van der Waals surface area contributed by atoms with Gasteiger partial charge in [0.25, 0.3) is 0 Å². The highest BCUT2D eigenvalue weighted by Gasteiger charge is 2.16. The first-order valence-corrected chi connectivity index (χ1v) is 8.98. The second-order valence-electron chi connectivity index (χ2n) is 5.92. The van der Waals surface area contributed by atoms with Gasteiger partial charge in [0.1, 0.15) is 0 Å². The molecular formula is C20H18NO3S-. The smallest absolute Gasteiger partial charge is 0.220 e. The van der Waals surface area contributed by atoms with Crippen molar-refractivity contribution in [3.8, 4) is 0 Å². The summed E-state index contributed by atoms with van der Waals surface area (Å²) in [5.74, 6) is -1.69. The number of carbonyl (C=O) groups excluding carboxylic acids is 2. The highest BCUT2D eigenvalue weighted by Crippen LogP contribution is 2.26. The molecule has 3 aromatic rings. The van der Waals surface area contributed by atoms with Gasteiger partial charge in [0.15, 0.2) is 0 Å². The Morgan fingerprint density at radius 1 is 1.00 bits per heavy atom. The number of carboxylic acids is 1. The normalized spacial score (nSPS) is 12.0. The number of hydrogen-bond acceptors (Lipinski definition) is 4. The molecule has 0 saturated heterocycles. The van der Waals surface area contributed by atoms with Gasteiger partial charge in [-0.25, -0.2) is 0 Å². The Balaban J connectivity index is 1.64. The minimum atomic E-state index is -1.15. The van der Waals surface area contributed by atoms with Gasteiger partial charge in [-0.3, -0.25) is 4.79 Å². The summed E-state index contributed by atoms with van der Waals surface area (Å²) >= 11 is 1.65. The molecular weight excluding hydrogens is 334 g/mol. The monoisotopic (exact) mass is 352 g/mol. The van der Waals surface area contributed by atoms with Crippen LogP contribution in [0.15, 0.2) is 60.0 Å². The van der Waals surface area contributed by atoms with Gasteiger partial charge in [-0.1, -0.05) is 48.5 Å². The first kappa shape index (κ1) is 17.2. The molecule has 128 valence electrons. The summed E-state index contributed by atoms with van der Waals surface area (Å²) in [5, 5.41) is 17.1. The zero-order valence-corrected chi connectivity index (χ0v) is 14.4. The molecule has 0 unspecified atom stereocenters. The van der Waals surface area contributed by atoms with Crippen LogP contribution in [0.5, 0.6) is 0 Å². The molecule has 0 fully saturated rings. The van der Waals surface area contributed by atoms with Crippen LogP contribution in [-0.4, -0.2) is 11.9 Å². The molecule has 0 saturated carbocycles. The Morgan fingerprint density at radius 2 is 1.72 bits per heavy atom. The molecule has 25 heavy (non-hydrogen) atoms. The number of nitrogens with one attached hydrogen (secondary N) is 1. The first-order chi connectivity index (χ1) is 12.1. The average molecular weight is 352 g/mol. The van der Waals surface area contributed by atoms with Crippen molar-refractivity contribution in [2.45, 2.75) is 25.3 Å². The van der Waals surface area contributed by atoms with E-state index in [9.17, 15) is 14.7 Å². The number of carbonyl (C=O) groups is 2. The number of hydrogen-bond donors (Lipinski definition) is 1. The van der Waals surface area contributed by atoms with Crippen LogP contribution in [0.25, 0.3) is 10.1 Å². The van der Waals surface area contributed by atoms with Crippen molar-refractivity contribution in [1.82, 2.24) is 5.32 Å². The highest BCUT2D eigenvalue weighted by atomic mass is 32.1. The van der Waals surface area contributed by atoms with Crippen molar-refractivity contribution in [3.63, 3.8) is 0 Å². The Bertz CT molecular complexity index is 873. The third-order valence-electron chi connectivity index (χ3n) is 4.15. The molecule has 0 aliphatic rings. The van der Waals surface area contributed by atoms with Crippen molar-refractivity contribution in [3.05, 3.63) is 71.1 Å². The van der Waals surface area contributed by atoms with Crippen LogP contribution in [0.1, 0.15) is 29.9 Å². The standard InChI is InChI=1S/C20H19NO3S/c22-19(10-15(11-20(23)24)14-6-2-1-3-7-14)21-12-16-13-25-18-9-5-4-8-17(16)18/h1-9,13,15H,10-12H2,(H,21,22)(H,23,24)/p-1/t15-/m1/s1. The Morgan fingerprint density at radius 3 is 2.48 bits per heavy atom. The summed E-state index contributed by atoms with van der Waals surface area (Å²) < 4.78 is 1.19. The molecule has 1 heterocycles. The maximum atomic E-state index is 12.3. The van der Waals surface area contributed by atoms with E-state index < -0.39 is 5.97 Å². The van der Waals surface area contributed by atoms with Crippen LogP contribution in [0.3, 0.4) is 0 Å². The van der Waals surface area contributed by atoms with Crippen molar-refractivity contribution >= 4 is 33.3 Å². The van der Waals surface area contributed by atoms with E-state index in [1.165, 1.54) is 4.70 Å². The largest absolute Gasteiger partial charge is 0.550 e.